The highest BCUT2D eigenvalue weighted by Crippen LogP contribution is 2.31. The molecule has 0 bridgehead atoms. The van der Waals surface area contributed by atoms with Crippen LogP contribution >= 0.6 is 15.9 Å². The number of hydrogen-bond donors (Lipinski definition) is 2. The molecule has 0 unspecified atom stereocenters. The van der Waals surface area contributed by atoms with Crippen molar-refractivity contribution in [3.63, 3.8) is 0 Å². The van der Waals surface area contributed by atoms with E-state index < -0.39 is 12.0 Å². The Morgan fingerprint density at radius 3 is 2.50 bits per heavy atom. The van der Waals surface area contributed by atoms with Gasteiger partial charge in [0, 0.05) is 59.0 Å². The van der Waals surface area contributed by atoms with Crippen molar-refractivity contribution in [3.05, 3.63) is 64.8 Å². The minimum atomic E-state index is -0.806. The van der Waals surface area contributed by atoms with Crippen LogP contribution in [0, 0.1) is 0 Å². The molecule has 2 N–H and O–H groups in total. The van der Waals surface area contributed by atoms with Gasteiger partial charge in [-0.2, -0.15) is 0 Å². The second-order valence-electron chi connectivity index (χ2n) is 6.53. The molecule has 0 spiro atoms. The van der Waals surface area contributed by atoms with Gasteiger partial charge < -0.3 is 15.0 Å². The summed E-state index contributed by atoms with van der Waals surface area (Å²) < 4.78 is 0.948. The average molecular weight is 414 g/mol. The van der Waals surface area contributed by atoms with E-state index in [9.17, 15) is 9.90 Å². The van der Waals surface area contributed by atoms with E-state index in [1.165, 1.54) is 5.69 Å². The maximum absolute atomic E-state index is 12.1. The van der Waals surface area contributed by atoms with Gasteiger partial charge in [0.1, 0.15) is 6.04 Å². The number of rotatable bonds is 4. The molecule has 3 aromatic rings. The number of anilines is 1. The molecular formula is C20H20BrN3O2. The number of benzene rings is 2. The number of nitrogens with zero attached hydrogens (tertiary/aromatic N) is 2. The summed E-state index contributed by atoms with van der Waals surface area (Å²) in [6, 6.07) is 15.5. The Morgan fingerprint density at radius 2 is 1.81 bits per heavy atom. The van der Waals surface area contributed by atoms with Crippen LogP contribution in [0.15, 0.2) is 59.2 Å². The number of halogens is 1. The molecule has 0 radical (unpaired) electrons. The molecule has 2 aromatic carbocycles. The topological polar surface area (TPSA) is 59.6 Å². The zero-order valence-electron chi connectivity index (χ0n) is 14.2. The van der Waals surface area contributed by atoms with Crippen LogP contribution in [0.2, 0.25) is 0 Å². The van der Waals surface area contributed by atoms with Crippen LogP contribution in [0.25, 0.3) is 10.9 Å². The summed E-state index contributed by atoms with van der Waals surface area (Å²) in [4.78, 5) is 19.7. The average Bonchev–Trinajstić information content (AvgIpc) is 3.06. The van der Waals surface area contributed by atoms with Gasteiger partial charge in [-0.3, -0.25) is 9.69 Å². The van der Waals surface area contributed by atoms with E-state index in [2.05, 4.69) is 42.8 Å². The number of para-hydroxylation sites is 1. The predicted molar refractivity (Wildman–Crippen MR) is 107 cm³/mol. The normalized spacial score (nSPS) is 16.7. The van der Waals surface area contributed by atoms with E-state index in [0.29, 0.717) is 13.1 Å². The Labute approximate surface area is 160 Å². The van der Waals surface area contributed by atoms with Crippen molar-refractivity contribution >= 4 is 38.5 Å². The Hall–Kier alpha value is -2.31. The van der Waals surface area contributed by atoms with Gasteiger partial charge in [0.25, 0.3) is 0 Å². The van der Waals surface area contributed by atoms with E-state index in [1.54, 1.807) is 0 Å². The second kappa shape index (κ2) is 7.13. The Kier molecular flexibility index (Phi) is 4.70. The van der Waals surface area contributed by atoms with Crippen molar-refractivity contribution in [2.75, 3.05) is 31.1 Å². The first-order chi connectivity index (χ1) is 12.6. The lowest BCUT2D eigenvalue weighted by Crippen LogP contribution is -2.49. The molecular weight excluding hydrogens is 394 g/mol. The summed E-state index contributed by atoms with van der Waals surface area (Å²) in [5.41, 5.74) is 2.97. The fourth-order valence-electron chi connectivity index (χ4n) is 3.70. The lowest BCUT2D eigenvalue weighted by molar-refractivity contribution is -0.143. The minimum Gasteiger partial charge on any atom is -0.480 e. The summed E-state index contributed by atoms with van der Waals surface area (Å²) in [6.07, 6.45) is 1.83. The molecule has 0 saturated carbocycles. The molecule has 1 aliphatic rings. The number of H-pyrrole nitrogens is 1. The van der Waals surface area contributed by atoms with Crippen LogP contribution in [0.3, 0.4) is 0 Å². The fraction of sp³-hybridized carbons (Fsp3) is 0.250. The van der Waals surface area contributed by atoms with Gasteiger partial charge in [0.05, 0.1) is 0 Å². The second-order valence-corrected chi connectivity index (χ2v) is 7.45. The molecule has 6 heteroatoms. The predicted octanol–water partition coefficient (Wildman–Crippen LogP) is 3.88. The lowest BCUT2D eigenvalue weighted by Gasteiger charge is -2.38. The van der Waals surface area contributed by atoms with Crippen molar-refractivity contribution in [1.82, 2.24) is 9.88 Å². The monoisotopic (exact) mass is 413 g/mol. The molecule has 1 aromatic heterocycles. The van der Waals surface area contributed by atoms with E-state index >= 15 is 0 Å². The lowest BCUT2D eigenvalue weighted by atomic mass is 10.0. The smallest absolute Gasteiger partial charge is 0.325 e. The third-order valence-corrected chi connectivity index (χ3v) is 5.50. The van der Waals surface area contributed by atoms with Crippen LogP contribution in [-0.2, 0) is 4.79 Å². The van der Waals surface area contributed by atoms with Gasteiger partial charge in [0.2, 0.25) is 0 Å². The van der Waals surface area contributed by atoms with Crippen LogP contribution in [0.5, 0.6) is 0 Å². The summed E-state index contributed by atoms with van der Waals surface area (Å²) in [5, 5.41) is 10.9. The number of nitrogens with one attached hydrogen (secondary N) is 1. The number of aromatic amines is 1. The van der Waals surface area contributed by atoms with E-state index in [-0.39, 0.29) is 0 Å². The van der Waals surface area contributed by atoms with Crippen molar-refractivity contribution in [2.45, 2.75) is 6.04 Å². The molecule has 1 fully saturated rings. The van der Waals surface area contributed by atoms with E-state index in [4.69, 9.17) is 0 Å². The first-order valence-corrected chi connectivity index (χ1v) is 9.46. The van der Waals surface area contributed by atoms with Gasteiger partial charge in [-0.1, -0.05) is 34.1 Å². The quantitative estimate of drug-likeness (QED) is 0.681. The maximum Gasteiger partial charge on any atom is 0.325 e. The third kappa shape index (κ3) is 3.22. The largest absolute Gasteiger partial charge is 0.480 e. The van der Waals surface area contributed by atoms with E-state index in [1.807, 2.05) is 42.6 Å². The fourth-order valence-corrected chi connectivity index (χ4v) is 4.06. The van der Waals surface area contributed by atoms with Crippen molar-refractivity contribution < 1.29 is 9.90 Å². The van der Waals surface area contributed by atoms with Gasteiger partial charge >= 0.3 is 5.97 Å². The number of aliphatic carboxylic acids is 1. The number of carbonyl (C=O) groups is 1. The summed E-state index contributed by atoms with van der Waals surface area (Å²) in [7, 11) is 0. The van der Waals surface area contributed by atoms with Gasteiger partial charge in [-0.25, -0.2) is 0 Å². The van der Waals surface area contributed by atoms with Crippen molar-refractivity contribution in [2.24, 2.45) is 0 Å². The third-order valence-electron chi connectivity index (χ3n) is 5.01. The molecule has 0 aliphatic carbocycles. The molecule has 26 heavy (non-hydrogen) atoms. The zero-order valence-corrected chi connectivity index (χ0v) is 15.8. The highest BCUT2D eigenvalue weighted by atomic mass is 79.9. The molecule has 5 nitrogen and oxygen atoms in total. The summed E-state index contributed by atoms with van der Waals surface area (Å²) >= 11 is 3.49. The SMILES string of the molecule is O=C(O)[C@H](c1c[nH]c2ccc(Br)cc12)N1CCN(c2ccccc2)CC1. The number of aromatic nitrogens is 1. The van der Waals surface area contributed by atoms with Crippen molar-refractivity contribution in [3.8, 4) is 0 Å². The Bertz CT molecular complexity index is 917. The van der Waals surface area contributed by atoms with Gasteiger partial charge in [-0.15, -0.1) is 0 Å². The van der Waals surface area contributed by atoms with Crippen LogP contribution < -0.4 is 4.90 Å². The van der Waals surface area contributed by atoms with Crippen molar-refractivity contribution in [1.29, 1.82) is 0 Å². The van der Waals surface area contributed by atoms with Gasteiger partial charge in [-0.05, 0) is 30.3 Å². The number of carboxylic acid groups (broad SMARTS) is 1. The van der Waals surface area contributed by atoms with Crippen LogP contribution in [0.4, 0.5) is 5.69 Å². The van der Waals surface area contributed by atoms with Crippen LogP contribution in [0.1, 0.15) is 11.6 Å². The standard InChI is InChI=1S/C20H20BrN3O2/c21-14-6-7-18-16(12-14)17(13-22-18)19(20(25)26)24-10-8-23(9-11-24)15-4-2-1-3-5-15/h1-7,12-13,19,22H,8-11H2,(H,25,26)/t19-/m0/s1. The molecule has 4 rings (SSSR count). The molecule has 2 heterocycles. The molecule has 1 atom stereocenters. The first kappa shape index (κ1) is 17.1. The number of hydrogen-bond acceptors (Lipinski definition) is 3. The number of piperazine rings is 1. The zero-order chi connectivity index (χ0) is 18.1. The molecule has 1 saturated heterocycles. The van der Waals surface area contributed by atoms with Gasteiger partial charge in [0.15, 0.2) is 0 Å². The number of carboxylic acids is 1. The van der Waals surface area contributed by atoms with E-state index in [0.717, 1.165) is 34.0 Å². The highest BCUT2D eigenvalue weighted by Gasteiger charge is 2.32. The molecule has 134 valence electrons. The minimum absolute atomic E-state index is 0.643. The Morgan fingerprint density at radius 1 is 1.08 bits per heavy atom. The maximum atomic E-state index is 12.1. The molecule has 1 aliphatic heterocycles. The molecule has 0 amide bonds. The Balaban J connectivity index is 1.58. The summed E-state index contributed by atoms with van der Waals surface area (Å²) in [6.45, 7) is 3.07. The highest BCUT2D eigenvalue weighted by molar-refractivity contribution is 9.10. The van der Waals surface area contributed by atoms with Crippen LogP contribution in [-0.4, -0.2) is 47.1 Å². The first-order valence-electron chi connectivity index (χ1n) is 8.67. The number of fused-ring (bicyclic) bond motifs is 1. The summed E-state index contributed by atoms with van der Waals surface area (Å²) in [5.74, 6) is -0.806.